The van der Waals surface area contributed by atoms with Gasteiger partial charge in [0.15, 0.2) is 0 Å². The average Bonchev–Trinajstić information content (AvgIpc) is 2.17. The number of phenolic OH excluding ortho intramolecular Hbond substituents is 1. The van der Waals surface area contributed by atoms with Gasteiger partial charge in [-0.2, -0.15) is 11.8 Å². The molecular weight excluding hydrogens is 208 g/mol. The van der Waals surface area contributed by atoms with Gasteiger partial charge in [0, 0.05) is 29.3 Å². The highest BCUT2D eigenvalue weighted by molar-refractivity contribution is 7.98. The van der Waals surface area contributed by atoms with Crippen LogP contribution in [0, 0.1) is 0 Å². The van der Waals surface area contributed by atoms with Crippen molar-refractivity contribution in [2.45, 2.75) is 5.75 Å². The zero-order chi connectivity index (χ0) is 11.3. The third-order valence-electron chi connectivity index (χ3n) is 2.04. The Balaban J connectivity index is 2.40. The summed E-state index contributed by atoms with van der Waals surface area (Å²) in [5.74, 6) is 2.20. The number of anilines is 1. The number of thioether (sulfide) groups is 1. The van der Waals surface area contributed by atoms with Crippen LogP contribution in [0.3, 0.4) is 0 Å². The number of nitrogens with zero attached hydrogens (tertiary/aromatic N) is 1. The van der Waals surface area contributed by atoms with E-state index in [0.717, 1.165) is 23.6 Å². The van der Waals surface area contributed by atoms with Gasteiger partial charge in [0.2, 0.25) is 0 Å². The van der Waals surface area contributed by atoms with Crippen LogP contribution in [0.15, 0.2) is 18.2 Å². The monoisotopic (exact) mass is 226 g/mol. The molecule has 1 aromatic rings. The van der Waals surface area contributed by atoms with Crippen molar-refractivity contribution in [1.82, 2.24) is 4.90 Å². The third kappa shape index (κ3) is 4.44. The minimum Gasteiger partial charge on any atom is -0.508 e. The maximum atomic E-state index is 9.56. The van der Waals surface area contributed by atoms with Gasteiger partial charge in [0.05, 0.1) is 0 Å². The molecule has 0 amide bonds. The molecule has 0 fully saturated rings. The fraction of sp³-hybridized carbons (Fsp3) is 0.455. The van der Waals surface area contributed by atoms with Gasteiger partial charge in [0.1, 0.15) is 5.75 Å². The maximum Gasteiger partial charge on any atom is 0.119 e. The molecule has 0 aliphatic rings. The summed E-state index contributed by atoms with van der Waals surface area (Å²) in [5, 5.41) is 9.56. The highest BCUT2D eigenvalue weighted by atomic mass is 32.2. The van der Waals surface area contributed by atoms with Gasteiger partial charge in [-0.3, -0.25) is 0 Å². The first-order chi connectivity index (χ1) is 7.09. The van der Waals surface area contributed by atoms with E-state index in [4.69, 9.17) is 5.73 Å². The quantitative estimate of drug-likeness (QED) is 0.456. The second-order valence-electron chi connectivity index (χ2n) is 3.74. The van der Waals surface area contributed by atoms with Crippen molar-refractivity contribution in [1.29, 1.82) is 0 Å². The molecule has 0 aliphatic heterocycles. The molecule has 0 atom stereocenters. The fourth-order valence-corrected chi connectivity index (χ4v) is 2.24. The lowest BCUT2D eigenvalue weighted by atomic mass is 10.2. The molecule has 0 saturated heterocycles. The maximum absolute atomic E-state index is 9.56. The number of hydrogen-bond acceptors (Lipinski definition) is 4. The van der Waals surface area contributed by atoms with E-state index in [-0.39, 0.29) is 0 Å². The van der Waals surface area contributed by atoms with Crippen LogP contribution in [-0.4, -0.2) is 36.4 Å². The van der Waals surface area contributed by atoms with Crippen molar-refractivity contribution in [2.75, 3.05) is 32.1 Å². The number of aromatic hydroxyl groups is 1. The Kier molecular flexibility index (Phi) is 4.78. The van der Waals surface area contributed by atoms with Crippen molar-refractivity contribution in [3.63, 3.8) is 0 Å². The molecule has 0 unspecified atom stereocenters. The Hall–Kier alpha value is -0.870. The number of nitrogen functional groups attached to an aromatic ring is 1. The minimum atomic E-state index is 0.335. The molecule has 0 bridgehead atoms. The molecule has 0 heterocycles. The van der Waals surface area contributed by atoms with Crippen molar-refractivity contribution in [2.24, 2.45) is 0 Å². The summed E-state index contributed by atoms with van der Waals surface area (Å²) in [6.45, 7) is 1.05. The van der Waals surface area contributed by atoms with Crippen molar-refractivity contribution in [3.8, 4) is 5.75 Å². The van der Waals surface area contributed by atoms with E-state index in [1.807, 2.05) is 6.07 Å². The van der Waals surface area contributed by atoms with Gasteiger partial charge in [-0.25, -0.2) is 0 Å². The number of nitrogens with two attached hydrogens (primary N) is 1. The molecule has 0 aliphatic carbocycles. The summed E-state index contributed by atoms with van der Waals surface area (Å²) in [5.41, 5.74) is 7.27. The molecule has 84 valence electrons. The fourth-order valence-electron chi connectivity index (χ4n) is 1.15. The lowest BCUT2D eigenvalue weighted by Gasteiger charge is -2.09. The topological polar surface area (TPSA) is 49.5 Å². The van der Waals surface area contributed by atoms with E-state index in [1.54, 1.807) is 23.9 Å². The summed E-state index contributed by atoms with van der Waals surface area (Å²) >= 11 is 1.80. The number of benzene rings is 1. The Morgan fingerprint density at radius 2 is 2.13 bits per heavy atom. The number of rotatable bonds is 5. The van der Waals surface area contributed by atoms with Crippen LogP contribution in [0.5, 0.6) is 5.75 Å². The Bertz CT molecular complexity index is 315. The Morgan fingerprint density at radius 1 is 1.40 bits per heavy atom. The Labute approximate surface area is 95.3 Å². The van der Waals surface area contributed by atoms with Crippen LogP contribution in [0.2, 0.25) is 0 Å². The molecule has 0 saturated carbocycles. The highest BCUT2D eigenvalue weighted by Crippen LogP contribution is 2.24. The second kappa shape index (κ2) is 5.88. The van der Waals surface area contributed by atoms with Crippen molar-refractivity contribution >= 4 is 17.4 Å². The molecule has 4 heteroatoms. The van der Waals surface area contributed by atoms with Gasteiger partial charge in [-0.1, -0.05) is 0 Å². The predicted octanol–water partition coefficient (Wildman–Crippen LogP) is 1.77. The first-order valence-electron chi connectivity index (χ1n) is 4.89. The lowest BCUT2D eigenvalue weighted by molar-refractivity contribution is 0.437. The number of hydrogen-bond donors (Lipinski definition) is 2. The summed E-state index contributed by atoms with van der Waals surface area (Å²) < 4.78 is 0. The van der Waals surface area contributed by atoms with E-state index in [0.29, 0.717) is 11.4 Å². The Morgan fingerprint density at radius 3 is 2.80 bits per heavy atom. The molecule has 1 aromatic carbocycles. The average molecular weight is 226 g/mol. The number of phenols is 1. The summed E-state index contributed by atoms with van der Waals surface area (Å²) in [4.78, 5) is 2.15. The van der Waals surface area contributed by atoms with E-state index in [2.05, 4.69) is 19.0 Å². The lowest BCUT2D eigenvalue weighted by Crippen LogP contribution is -2.14. The van der Waals surface area contributed by atoms with Crippen LogP contribution >= 0.6 is 11.8 Å². The van der Waals surface area contributed by atoms with E-state index < -0.39 is 0 Å². The van der Waals surface area contributed by atoms with Crippen LogP contribution in [-0.2, 0) is 5.75 Å². The van der Waals surface area contributed by atoms with Gasteiger partial charge < -0.3 is 15.7 Å². The van der Waals surface area contributed by atoms with Crippen LogP contribution in [0.4, 0.5) is 5.69 Å². The van der Waals surface area contributed by atoms with Gasteiger partial charge in [0.25, 0.3) is 0 Å². The summed E-state index contributed by atoms with van der Waals surface area (Å²) in [7, 11) is 4.11. The standard InChI is InChI=1S/C11H18N2OS/c1-13(2)5-6-15-8-9-7-10(12)3-4-11(9)14/h3-4,7,14H,5-6,8,12H2,1-2H3. The van der Waals surface area contributed by atoms with Gasteiger partial charge >= 0.3 is 0 Å². The van der Waals surface area contributed by atoms with E-state index in [1.165, 1.54) is 0 Å². The van der Waals surface area contributed by atoms with Crippen molar-refractivity contribution in [3.05, 3.63) is 23.8 Å². The third-order valence-corrected chi connectivity index (χ3v) is 3.03. The molecule has 3 N–H and O–H groups in total. The molecule has 0 radical (unpaired) electrons. The van der Waals surface area contributed by atoms with Crippen LogP contribution < -0.4 is 5.73 Å². The summed E-state index contributed by atoms with van der Waals surface area (Å²) in [6, 6.07) is 5.19. The zero-order valence-corrected chi connectivity index (χ0v) is 10.0. The van der Waals surface area contributed by atoms with Gasteiger partial charge in [-0.05, 0) is 32.3 Å². The molecule has 0 aromatic heterocycles. The molecule has 3 nitrogen and oxygen atoms in total. The van der Waals surface area contributed by atoms with Crippen LogP contribution in [0.1, 0.15) is 5.56 Å². The smallest absolute Gasteiger partial charge is 0.119 e. The normalized spacial score (nSPS) is 10.9. The molecule has 1 rings (SSSR count). The SMILES string of the molecule is CN(C)CCSCc1cc(N)ccc1O. The van der Waals surface area contributed by atoms with Gasteiger partial charge in [-0.15, -0.1) is 0 Å². The first-order valence-corrected chi connectivity index (χ1v) is 6.05. The van der Waals surface area contributed by atoms with Crippen molar-refractivity contribution < 1.29 is 5.11 Å². The molecule has 0 spiro atoms. The van der Waals surface area contributed by atoms with E-state index >= 15 is 0 Å². The predicted molar refractivity (Wildman–Crippen MR) is 67.2 cm³/mol. The largest absolute Gasteiger partial charge is 0.508 e. The zero-order valence-electron chi connectivity index (χ0n) is 9.23. The first kappa shape index (κ1) is 12.2. The molecule has 15 heavy (non-hydrogen) atoms. The van der Waals surface area contributed by atoms with Crippen LogP contribution in [0.25, 0.3) is 0 Å². The highest BCUT2D eigenvalue weighted by Gasteiger charge is 2.01. The van der Waals surface area contributed by atoms with E-state index in [9.17, 15) is 5.11 Å². The summed E-state index contributed by atoms with van der Waals surface area (Å²) in [6.07, 6.45) is 0. The molecular formula is C11H18N2OS. The minimum absolute atomic E-state index is 0.335. The second-order valence-corrected chi connectivity index (χ2v) is 4.85.